The first-order valence-corrected chi connectivity index (χ1v) is 8.24. The largest absolute Gasteiger partial charge is 0.495 e. The summed E-state index contributed by atoms with van der Waals surface area (Å²) in [5.74, 6) is 1.81. The lowest BCUT2D eigenvalue weighted by atomic mass is 10.2. The van der Waals surface area contributed by atoms with Crippen LogP contribution in [0.5, 0.6) is 5.75 Å². The maximum absolute atomic E-state index is 5.47. The number of anilines is 1. The smallest absolute Gasteiger partial charge is 0.191 e. The van der Waals surface area contributed by atoms with E-state index in [9.17, 15) is 0 Å². The van der Waals surface area contributed by atoms with Crippen molar-refractivity contribution in [2.24, 2.45) is 4.99 Å². The average Bonchev–Trinajstić information content (AvgIpc) is 3.06. The van der Waals surface area contributed by atoms with Gasteiger partial charge in [0.15, 0.2) is 5.96 Å². The van der Waals surface area contributed by atoms with Crippen molar-refractivity contribution in [2.45, 2.75) is 25.8 Å². The Bertz CT molecular complexity index is 548. The van der Waals surface area contributed by atoms with Crippen molar-refractivity contribution >= 4 is 35.6 Å². The molecular formula is C18H29IN4O. The number of nitrogens with zero attached hydrogens (tertiary/aromatic N) is 2. The van der Waals surface area contributed by atoms with Gasteiger partial charge in [-0.1, -0.05) is 24.3 Å². The molecule has 1 aliphatic heterocycles. The van der Waals surface area contributed by atoms with Crippen molar-refractivity contribution in [3.05, 3.63) is 36.4 Å². The number of rotatable bonds is 6. The van der Waals surface area contributed by atoms with Crippen molar-refractivity contribution < 1.29 is 4.74 Å². The molecule has 0 radical (unpaired) electrons. The standard InChI is InChI=1S/C18H28N4O.HI/c1-4-5-8-12-20-18(19-2)21-15-11-13-22(14-15)16-9-6-7-10-17(16)23-3;/h4-7,9-10,15H,8,11-14H2,1-3H3,(H2,19,20,21);1H/b5-4+;. The summed E-state index contributed by atoms with van der Waals surface area (Å²) in [6, 6.07) is 8.58. The molecule has 1 aliphatic rings. The molecule has 0 aliphatic carbocycles. The fourth-order valence-corrected chi connectivity index (χ4v) is 2.82. The third-order valence-electron chi connectivity index (χ3n) is 4.02. The number of aliphatic imine (C=N–C) groups is 1. The summed E-state index contributed by atoms with van der Waals surface area (Å²) in [5, 5.41) is 6.86. The van der Waals surface area contributed by atoms with Crippen LogP contribution in [0.25, 0.3) is 0 Å². The Balaban J connectivity index is 0.00000288. The first-order chi connectivity index (χ1) is 11.3. The summed E-state index contributed by atoms with van der Waals surface area (Å²) in [6.07, 6.45) is 6.32. The van der Waals surface area contributed by atoms with E-state index in [1.165, 1.54) is 0 Å². The maximum atomic E-state index is 5.47. The van der Waals surface area contributed by atoms with Gasteiger partial charge in [-0.2, -0.15) is 0 Å². The third-order valence-corrected chi connectivity index (χ3v) is 4.02. The number of allylic oxidation sites excluding steroid dienone is 1. The van der Waals surface area contributed by atoms with Crippen LogP contribution >= 0.6 is 24.0 Å². The van der Waals surface area contributed by atoms with Crippen LogP contribution in [0.2, 0.25) is 0 Å². The molecule has 5 nitrogen and oxygen atoms in total. The van der Waals surface area contributed by atoms with Crippen LogP contribution in [0.3, 0.4) is 0 Å². The van der Waals surface area contributed by atoms with E-state index in [1.807, 2.05) is 26.1 Å². The third kappa shape index (κ3) is 5.89. The Labute approximate surface area is 162 Å². The molecule has 1 aromatic rings. The van der Waals surface area contributed by atoms with Gasteiger partial charge in [0.2, 0.25) is 0 Å². The fraction of sp³-hybridized carbons (Fsp3) is 0.500. The Morgan fingerprint density at radius 2 is 2.21 bits per heavy atom. The molecule has 2 rings (SSSR count). The van der Waals surface area contributed by atoms with E-state index in [0.29, 0.717) is 6.04 Å². The van der Waals surface area contributed by atoms with Crippen molar-refractivity contribution in [2.75, 3.05) is 38.7 Å². The molecule has 1 unspecified atom stereocenters. The highest BCUT2D eigenvalue weighted by molar-refractivity contribution is 14.0. The quantitative estimate of drug-likeness (QED) is 0.233. The summed E-state index contributed by atoms with van der Waals surface area (Å²) in [4.78, 5) is 6.67. The molecule has 134 valence electrons. The van der Waals surface area contributed by atoms with E-state index >= 15 is 0 Å². The van der Waals surface area contributed by atoms with Gasteiger partial charge >= 0.3 is 0 Å². The van der Waals surface area contributed by atoms with Gasteiger partial charge in [0.05, 0.1) is 12.8 Å². The maximum Gasteiger partial charge on any atom is 0.191 e. The highest BCUT2D eigenvalue weighted by Gasteiger charge is 2.25. The van der Waals surface area contributed by atoms with Crippen LogP contribution in [0.1, 0.15) is 19.8 Å². The summed E-state index contributed by atoms with van der Waals surface area (Å²) in [5.41, 5.74) is 1.16. The molecule has 1 aromatic carbocycles. The van der Waals surface area contributed by atoms with Gasteiger partial charge in [-0.05, 0) is 31.9 Å². The summed E-state index contributed by atoms with van der Waals surface area (Å²) < 4.78 is 5.47. The lowest BCUT2D eigenvalue weighted by molar-refractivity contribution is 0.415. The summed E-state index contributed by atoms with van der Waals surface area (Å²) in [6.45, 7) is 4.91. The van der Waals surface area contributed by atoms with Crippen LogP contribution in [0.4, 0.5) is 5.69 Å². The topological polar surface area (TPSA) is 48.9 Å². The normalized spacial score (nSPS) is 17.7. The molecule has 24 heavy (non-hydrogen) atoms. The van der Waals surface area contributed by atoms with Crippen LogP contribution < -0.4 is 20.3 Å². The minimum absolute atomic E-state index is 0. The zero-order valence-electron chi connectivity index (χ0n) is 14.8. The highest BCUT2D eigenvalue weighted by Crippen LogP contribution is 2.30. The lowest BCUT2D eigenvalue weighted by Gasteiger charge is -2.22. The number of nitrogens with one attached hydrogen (secondary N) is 2. The van der Waals surface area contributed by atoms with Gasteiger partial charge in [0.25, 0.3) is 0 Å². The average molecular weight is 444 g/mol. The minimum atomic E-state index is 0. The molecule has 1 saturated heterocycles. The second-order valence-corrected chi connectivity index (χ2v) is 5.60. The minimum Gasteiger partial charge on any atom is -0.495 e. The first-order valence-electron chi connectivity index (χ1n) is 8.24. The Morgan fingerprint density at radius 3 is 2.92 bits per heavy atom. The number of ether oxygens (including phenoxy) is 1. The molecule has 1 fully saturated rings. The molecule has 0 bridgehead atoms. The second-order valence-electron chi connectivity index (χ2n) is 5.60. The predicted octanol–water partition coefficient (Wildman–Crippen LogP) is 3.02. The Hall–Kier alpha value is -1.44. The van der Waals surface area contributed by atoms with E-state index in [0.717, 1.165) is 49.9 Å². The molecule has 0 saturated carbocycles. The van der Waals surface area contributed by atoms with E-state index in [2.05, 4.69) is 44.8 Å². The molecule has 1 atom stereocenters. The van der Waals surface area contributed by atoms with E-state index in [-0.39, 0.29) is 24.0 Å². The van der Waals surface area contributed by atoms with Crippen LogP contribution in [0.15, 0.2) is 41.4 Å². The number of hydrogen-bond donors (Lipinski definition) is 2. The van der Waals surface area contributed by atoms with E-state index in [4.69, 9.17) is 4.74 Å². The number of benzene rings is 1. The van der Waals surface area contributed by atoms with Crippen LogP contribution in [0, 0.1) is 0 Å². The van der Waals surface area contributed by atoms with Crippen molar-refractivity contribution in [1.29, 1.82) is 0 Å². The van der Waals surface area contributed by atoms with Crippen molar-refractivity contribution in [3.8, 4) is 5.75 Å². The second kappa shape index (κ2) is 11.2. The molecule has 1 heterocycles. The molecular weight excluding hydrogens is 415 g/mol. The lowest BCUT2D eigenvalue weighted by Crippen LogP contribution is -2.44. The van der Waals surface area contributed by atoms with Crippen LogP contribution in [-0.4, -0.2) is 45.8 Å². The van der Waals surface area contributed by atoms with Crippen molar-refractivity contribution in [1.82, 2.24) is 10.6 Å². The van der Waals surface area contributed by atoms with E-state index < -0.39 is 0 Å². The summed E-state index contributed by atoms with van der Waals surface area (Å²) >= 11 is 0. The fourth-order valence-electron chi connectivity index (χ4n) is 2.82. The van der Waals surface area contributed by atoms with Gasteiger partial charge in [-0.3, -0.25) is 4.99 Å². The molecule has 6 heteroatoms. The SMILES string of the molecule is C/C=C/CCNC(=NC)NC1CCN(c2ccccc2OC)C1.I. The van der Waals surface area contributed by atoms with Gasteiger partial charge < -0.3 is 20.3 Å². The van der Waals surface area contributed by atoms with Crippen LogP contribution in [-0.2, 0) is 0 Å². The zero-order chi connectivity index (χ0) is 16.5. The van der Waals surface area contributed by atoms with Crippen molar-refractivity contribution in [3.63, 3.8) is 0 Å². The highest BCUT2D eigenvalue weighted by atomic mass is 127. The number of guanidine groups is 1. The number of halogens is 1. The number of methoxy groups -OCH3 is 1. The number of para-hydroxylation sites is 2. The molecule has 0 spiro atoms. The predicted molar refractivity (Wildman–Crippen MR) is 113 cm³/mol. The van der Waals surface area contributed by atoms with Gasteiger partial charge in [0, 0.05) is 32.7 Å². The summed E-state index contributed by atoms with van der Waals surface area (Å²) in [7, 11) is 3.54. The molecule has 2 N–H and O–H groups in total. The van der Waals surface area contributed by atoms with Gasteiger partial charge in [-0.25, -0.2) is 0 Å². The molecule has 0 amide bonds. The Morgan fingerprint density at radius 1 is 1.42 bits per heavy atom. The molecule has 0 aromatic heterocycles. The monoisotopic (exact) mass is 444 g/mol. The van der Waals surface area contributed by atoms with E-state index in [1.54, 1.807) is 7.11 Å². The Kier molecular flexibility index (Phi) is 9.59. The first kappa shape index (κ1) is 20.6. The number of hydrogen-bond acceptors (Lipinski definition) is 3. The van der Waals surface area contributed by atoms with Gasteiger partial charge in [-0.15, -0.1) is 24.0 Å². The zero-order valence-corrected chi connectivity index (χ0v) is 17.1. The van der Waals surface area contributed by atoms with Gasteiger partial charge in [0.1, 0.15) is 5.75 Å².